The first-order chi connectivity index (χ1) is 16.8. The van der Waals surface area contributed by atoms with Crippen LogP contribution in [0.4, 0.5) is 0 Å². The maximum absolute atomic E-state index is 12.3. The normalized spacial score (nSPS) is 14.1. The van der Waals surface area contributed by atoms with Crippen LogP contribution in [0.25, 0.3) is 0 Å². The first-order valence-electron chi connectivity index (χ1n) is 14.0. The maximum Gasteiger partial charge on any atom is 0.267 e. The number of hydrogen-bond donors (Lipinski definition) is 3. The monoisotopic (exact) mass is 515 g/mol. The Balaban J connectivity index is 4.19. The molecule has 0 aliphatic heterocycles. The number of unbranched alkanes of at least 4 members (excludes halogenated alkanes) is 14. The second-order valence-corrected chi connectivity index (χ2v) is 11.2. The van der Waals surface area contributed by atoms with E-state index in [1.165, 1.54) is 51.0 Å². The Kier molecular flexibility index (Phi) is 22.4. The Hall–Kier alpha value is -1.18. The van der Waals surface area contributed by atoms with Crippen molar-refractivity contribution in [2.45, 2.75) is 142 Å². The van der Waals surface area contributed by atoms with Crippen molar-refractivity contribution in [3.05, 3.63) is 24.3 Å². The van der Waals surface area contributed by atoms with E-state index in [4.69, 9.17) is 0 Å². The molecule has 0 rings (SSSR count). The molecule has 2 unspecified atom stereocenters. The zero-order chi connectivity index (χ0) is 26.2. The zero-order valence-corrected chi connectivity index (χ0v) is 23.2. The number of aliphatic hydroxyl groups excluding tert-OH is 1. The minimum atomic E-state index is -4.32. The molecule has 0 aliphatic carbocycles. The van der Waals surface area contributed by atoms with E-state index >= 15 is 0 Å². The van der Waals surface area contributed by atoms with Crippen LogP contribution >= 0.6 is 0 Å². The fraction of sp³-hybridized carbons (Fsp3) is 0.821. The number of allylic oxidation sites excluding steroid dienone is 3. The lowest BCUT2D eigenvalue weighted by Crippen LogP contribution is -2.46. The fourth-order valence-electron chi connectivity index (χ4n) is 3.98. The van der Waals surface area contributed by atoms with Crippen molar-refractivity contribution in [1.82, 2.24) is 5.32 Å². The molecule has 6 nitrogen and oxygen atoms in total. The summed E-state index contributed by atoms with van der Waals surface area (Å²) in [6, 6.07) is -1.05. The molecule has 7 heteroatoms. The molecule has 35 heavy (non-hydrogen) atoms. The van der Waals surface area contributed by atoms with Crippen LogP contribution in [0.3, 0.4) is 0 Å². The van der Waals surface area contributed by atoms with Gasteiger partial charge in [0.2, 0.25) is 5.91 Å². The van der Waals surface area contributed by atoms with Gasteiger partial charge in [-0.25, -0.2) is 0 Å². The van der Waals surface area contributed by atoms with Crippen LogP contribution in [-0.2, 0) is 14.9 Å². The van der Waals surface area contributed by atoms with Crippen LogP contribution in [0.1, 0.15) is 129 Å². The maximum atomic E-state index is 12.3. The standard InChI is InChI=1S/C28H53NO5S/c1-3-5-7-9-11-13-15-17-19-21-23-27(30)26(25-35(32,33)34)29-28(31)24-22-20-18-16-14-12-10-8-6-4-2/h8,10,21,23,26-27,30H,3-7,9,11-20,22,24-25H2,1-2H3,(H,29,31)(H,32,33,34)/b10-8-,23-21+. The first-order valence-corrected chi connectivity index (χ1v) is 15.6. The number of rotatable bonds is 24. The molecule has 0 radical (unpaired) electrons. The van der Waals surface area contributed by atoms with E-state index < -0.39 is 28.0 Å². The molecular weight excluding hydrogens is 462 g/mol. The van der Waals surface area contributed by atoms with Crippen molar-refractivity contribution < 1.29 is 22.9 Å². The average Bonchev–Trinajstić information content (AvgIpc) is 2.80. The van der Waals surface area contributed by atoms with Crippen molar-refractivity contribution in [3.63, 3.8) is 0 Å². The Bertz CT molecular complexity index is 660. The summed E-state index contributed by atoms with van der Waals surface area (Å²) < 4.78 is 32.0. The van der Waals surface area contributed by atoms with Crippen molar-refractivity contribution in [1.29, 1.82) is 0 Å². The molecule has 0 saturated carbocycles. The van der Waals surface area contributed by atoms with E-state index in [0.29, 0.717) is 0 Å². The molecule has 0 bridgehead atoms. The Morgan fingerprint density at radius 2 is 1.26 bits per heavy atom. The third kappa shape index (κ3) is 24.3. The number of aliphatic hydroxyl groups is 1. The summed E-state index contributed by atoms with van der Waals surface area (Å²) in [6.45, 7) is 4.38. The molecule has 0 fully saturated rings. The van der Waals surface area contributed by atoms with Gasteiger partial charge in [0.25, 0.3) is 10.1 Å². The van der Waals surface area contributed by atoms with Gasteiger partial charge in [-0.2, -0.15) is 8.42 Å². The number of carbonyl (C=O) groups is 1. The highest BCUT2D eigenvalue weighted by atomic mass is 32.2. The second-order valence-electron chi connectivity index (χ2n) is 9.67. The van der Waals surface area contributed by atoms with Crippen molar-refractivity contribution in [2.24, 2.45) is 0 Å². The van der Waals surface area contributed by atoms with Crippen molar-refractivity contribution >= 4 is 16.0 Å². The summed E-state index contributed by atoms with van der Waals surface area (Å²) >= 11 is 0. The van der Waals surface area contributed by atoms with Gasteiger partial charge in [0, 0.05) is 6.42 Å². The van der Waals surface area contributed by atoms with Gasteiger partial charge >= 0.3 is 0 Å². The predicted octanol–water partition coefficient (Wildman–Crippen LogP) is 6.89. The second kappa shape index (κ2) is 23.2. The first kappa shape index (κ1) is 33.8. The summed E-state index contributed by atoms with van der Waals surface area (Å²) in [7, 11) is -4.32. The van der Waals surface area contributed by atoms with Crippen molar-refractivity contribution in [2.75, 3.05) is 5.75 Å². The SMILES string of the molecule is CCC/C=C\CCCCCCCC(=O)NC(CS(=O)(=O)O)C(O)/C=C/CCCCCCCCCC. The van der Waals surface area contributed by atoms with E-state index in [1.807, 2.05) is 6.08 Å². The van der Waals surface area contributed by atoms with Gasteiger partial charge in [-0.3, -0.25) is 9.35 Å². The minimum absolute atomic E-state index is 0.285. The lowest BCUT2D eigenvalue weighted by Gasteiger charge is -2.21. The highest BCUT2D eigenvalue weighted by molar-refractivity contribution is 7.85. The number of amides is 1. The topological polar surface area (TPSA) is 104 Å². The summed E-state index contributed by atoms with van der Waals surface area (Å²) in [5.74, 6) is -0.996. The van der Waals surface area contributed by atoms with E-state index in [2.05, 4.69) is 31.3 Å². The van der Waals surface area contributed by atoms with Gasteiger partial charge in [-0.1, -0.05) is 109 Å². The molecule has 0 saturated heterocycles. The molecule has 0 aromatic rings. The zero-order valence-electron chi connectivity index (χ0n) is 22.4. The van der Waals surface area contributed by atoms with Gasteiger partial charge in [0.05, 0.1) is 17.9 Å². The summed E-state index contributed by atoms with van der Waals surface area (Å²) in [5.41, 5.74) is 0. The van der Waals surface area contributed by atoms with E-state index in [-0.39, 0.29) is 12.3 Å². The molecular formula is C28H53NO5S. The number of hydrogen-bond acceptors (Lipinski definition) is 4. The van der Waals surface area contributed by atoms with Gasteiger partial charge < -0.3 is 10.4 Å². The third-order valence-corrected chi connectivity index (χ3v) is 6.88. The van der Waals surface area contributed by atoms with Crippen LogP contribution < -0.4 is 5.32 Å². The highest BCUT2D eigenvalue weighted by Crippen LogP contribution is 2.11. The molecule has 0 aromatic carbocycles. The largest absolute Gasteiger partial charge is 0.387 e. The Labute approximate surface area is 215 Å². The highest BCUT2D eigenvalue weighted by Gasteiger charge is 2.24. The molecule has 0 aliphatic rings. The third-order valence-electron chi connectivity index (χ3n) is 6.10. The van der Waals surface area contributed by atoms with Gasteiger partial charge in [0.1, 0.15) is 0 Å². The van der Waals surface area contributed by atoms with Crippen LogP contribution in [-0.4, -0.2) is 41.9 Å². The van der Waals surface area contributed by atoms with Crippen LogP contribution in [0.5, 0.6) is 0 Å². The smallest absolute Gasteiger partial charge is 0.267 e. The molecule has 0 aromatic heterocycles. The average molecular weight is 516 g/mol. The van der Waals surface area contributed by atoms with Gasteiger partial charge in [0.15, 0.2) is 0 Å². The lowest BCUT2D eigenvalue weighted by molar-refractivity contribution is -0.122. The van der Waals surface area contributed by atoms with E-state index in [1.54, 1.807) is 0 Å². The molecule has 2 atom stereocenters. The molecule has 206 valence electrons. The summed E-state index contributed by atoms with van der Waals surface area (Å²) in [4.78, 5) is 12.3. The van der Waals surface area contributed by atoms with Crippen molar-refractivity contribution in [3.8, 4) is 0 Å². The van der Waals surface area contributed by atoms with Crippen LogP contribution in [0.15, 0.2) is 24.3 Å². The van der Waals surface area contributed by atoms with E-state index in [9.17, 15) is 22.9 Å². The van der Waals surface area contributed by atoms with Crippen LogP contribution in [0.2, 0.25) is 0 Å². The molecule has 1 amide bonds. The van der Waals surface area contributed by atoms with Gasteiger partial charge in [-0.15, -0.1) is 0 Å². The summed E-state index contributed by atoms with van der Waals surface area (Å²) in [6.07, 6.45) is 25.9. The Morgan fingerprint density at radius 3 is 1.83 bits per heavy atom. The fourth-order valence-corrected chi connectivity index (χ4v) is 4.71. The lowest BCUT2D eigenvalue weighted by atomic mass is 10.1. The van der Waals surface area contributed by atoms with E-state index in [0.717, 1.165) is 64.2 Å². The predicted molar refractivity (Wildman–Crippen MR) is 147 cm³/mol. The van der Waals surface area contributed by atoms with Crippen LogP contribution in [0, 0.1) is 0 Å². The van der Waals surface area contributed by atoms with Gasteiger partial charge in [-0.05, 0) is 38.5 Å². The Morgan fingerprint density at radius 1 is 0.743 bits per heavy atom. The quantitative estimate of drug-likeness (QED) is 0.0737. The number of nitrogens with one attached hydrogen (secondary N) is 1. The molecule has 3 N–H and O–H groups in total. The molecule has 0 heterocycles. The molecule has 0 spiro atoms. The number of carbonyl (C=O) groups excluding carboxylic acids is 1. The minimum Gasteiger partial charge on any atom is -0.387 e. The summed E-state index contributed by atoms with van der Waals surface area (Å²) in [5, 5.41) is 13.0.